The average molecular weight is 290 g/mol. The number of nitrogens with two attached hydrogens (primary N) is 1. The summed E-state index contributed by atoms with van der Waals surface area (Å²) in [6, 6.07) is 5.98. The van der Waals surface area contributed by atoms with Crippen LogP contribution in [0.25, 0.3) is 0 Å². The van der Waals surface area contributed by atoms with Gasteiger partial charge in [-0.25, -0.2) is 0 Å². The van der Waals surface area contributed by atoms with Crippen molar-refractivity contribution in [2.24, 2.45) is 5.73 Å². The summed E-state index contributed by atoms with van der Waals surface area (Å²) in [6.07, 6.45) is 5.13. The monoisotopic (exact) mass is 290 g/mol. The van der Waals surface area contributed by atoms with Crippen LogP contribution in [0.4, 0.5) is 0 Å². The molecular weight excluding hydrogens is 264 g/mol. The molecule has 1 aromatic rings. The molecule has 4 heteroatoms. The molecule has 4 nitrogen and oxygen atoms in total. The second-order valence-electron chi connectivity index (χ2n) is 5.84. The summed E-state index contributed by atoms with van der Waals surface area (Å²) in [5.74, 6) is 1.08. The van der Waals surface area contributed by atoms with Crippen molar-refractivity contribution in [1.82, 2.24) is 4.90 Å². The molecule has 1 aromatic carbocycles. The fourth-order valence-electron chi connectivity index (χ4n) is 2.79. The van der Waals surface area contributed by atoms with Crippen LogP contribution in [0.2, 0.25) is 0 Å². The summed E-state index contributed by atoms with van der Waals surface area (Å²) >= 11 is 0. The second-order valence-corrected chi connectivity index (χ2v) is 5.84. The van der Waals surface area contributed by atoms with Crippen LogP contribution >= 0.6 is 0 Å². The van der Waals surface area contributed by atoms with Crippen LogP contribution in [0.5, 0.6) is 5.75 Å². The lowest BCUT2D eigenvalue weighted by Gasteiger charge is -2.26. The Morgan fingerprint density at radius 1 is 1.29 bits per heavy atom. The minimum absolute atomic E-state index is 0.0160. The Hall–Kier alpha value is -1.55. The number of likely N-dealkylation sites (tertiary alicyclic amines) is 1. The first-order valence-corrected chi connectivity index (χ1v) is 7.82. The lowest BCUT2D eigenvalue weighted by Crippen LogP contribution is -2.32. The van der Waals surface area contributed by atoms with Crippen LogP contribution in [0.15, 0.2) is 18.2 Å². The van der Waals surface area contributed by atoms with E-state index in [0.717, 1.165) is 36.3 Å². The number of nitrogens with zero attached hydrogens (tertiary/aromatic N) is 1. The smallest absolute Gasteiger partial charge is 0.222 e. The maximum atomic E-state index is 12.3. The van der Waals surface area contributed by atoms with E-state index < -0.39 is 0 Å². The highest BCUT2D eigenvalue weighted by atomic mass is 16.5. The number of benzene rings is 1. The van der Waals surface area contributed by atoms with E-state index in [9.17, 15) is 4.79 Å². The van der Waals surface area contributed by atoms with Crippen molar-refractivity contribution < 1.29 is 9.53 Å². The molecule has 1 atom stereocenters. The lowest BCUT2D eigenvalue weighted by atomic mass is 10.0. The van der Waals surface area contributed by atoms with E-state index in [4.69, 9.17) is 10.5 Å². The third-order valence-corrected chi connectivity index (χ3v) is 4.11. The molecule has 1 heterocycles. The topological polar surface area (TPSA) is 55.6 Å². The molecule has 1 amide bonds. The molecule has 1 saturated heterocycles. The van der Waals surface area contributed by atoms with Gasteiger partial charge in [-0.3, -0.25) is 4.79 Å². The Bertz CT molecular complexity index is 486. The fourth-order valence-corrected chi connectivity index (χ4v) is 2.79. The summed E-state index contributed by atoms with van der Waals surface area (Å²) < 4.78 is 5.43. The SMILES string of the molecule is COc1ccc(C(C)N)cc1CN1CCCCCCC1=O. The molecular formula is C17H26N2O2. The van der Waals surface area contributed by atoms with Gasteiger partial charge < -0.3 is 15.4 Å². The van der Waals surface area contributed by atoms with Gasteiger partial charge in [0.05, 0.1) is 7.11 Å². The fraction of sp³-hybridized carbons (Fsp3) is 0.588. The molecule has 1 aliphatic heterocycles. The third kappa shape index (κ3) is 4.21. The Morgan fingerprint density at radius 2 is 2.05 bits per heavy atom. The molecule has 1 aliphatic rings. The Kier molecular flexibility index (Phi) is 5.62. The van der Waals surface area contributed by atoms with E-state index >= 15 is 0 Å². The number of methoxy groups -OCH3 is 1. The van der Waals surface area contributed by atoms with Crippen molar-refractivity contribution in [1.29, 1.82) is 0 Å². The first-order chi connectivity index (χ1) is 10.1. The van der Waals surface area contributed by atoms with Crippen LogP contribution in [-0.2, 0) is 11.3 Å². The molecule has 0 spiro atoms. The minimum atomic E-state index is -0.0160. The van der Waals surface area contributed by atoms with Gasteiger partial charge in [-0.15, -0.1) is 0 Å². The van der Waals surface area contributed by atoms with Crippen molar-refractivity contribution in [3.8, 4) is 5.75 Å². The summed E-state index contributed by atoms with van der Waals surface area (Å²) in [7, 11) is 1.67. The zero-order valence-corrected chi connectivity index (χ0v) is 13.1. The molecule has 0 radical (unpaired) electrons. The van der Waals surface area contributed by atoms with Crippen molar-refractivity contribution in [3.05, 3.63) is 29.3 Å². The van der Waals surface area contributed by atoms with Crippen molar-refractivity contribution in [2.45, 2.75) is 51.6 Å². The summed E-state index contributed by atoms with van der Waals surface area (Å²) in [5, 5.41) is 0. The predicted octanol–water partition coefficient (Wildman–Crippen LogP) is 3.01. The number of ether oxygens (including phenoxy) is 1. The second kappa shape index (κ2) is 7.46. The highest BCUT2D eigenvalue weighted by Crippen LogP contribution is 2.25. The van der Waals surface area contributed by atoms with Gasteiger partial charge in [-0.2, -0.15) is 0 Å². The number of hydrogen-bond donors (Lipinski definition) is 1. The number of carbonyl (C=O) groups is 1. The summed E-state index contributed by atoms with van der Waals surface area (Å²) in [5.41, 5.74) is 8.08. The quantitative estimate of drug-likeness (QED) is 0.927. The molecule has 1 unspecified atom stereocenters. The van der Waals surface area contributed by atoms with Gasteiger partial charge in [-0.05, 0) is 37.5 Å². The van der Waals surface area contributed by atoms with E-state index in [-0.39, 0.29) is 11.9 Å². The Labute approximate surface area is 127 Å². The first kappa shape index (κ1) is 15.8. The van der Waals surface area contributed by atoms with E-state index in [0.29, 0.717) is 13.0 Å². The van der Waals surface area contributed by atoms with E-state index in [1.807, 2.05) is 24.0 Å². The number of rotatable bonds is 4. The maximum Gasteiger partial charge on any atom is 0.222 e. The zero-order valence-electron chi connectivity index (χ0n) is 13.1. The van der Waals surface area contributed by atoms with E-state index in [2.05, 4.69) is 6.07 Å². The molecule has 2 rings (SSSR count). The summed E-state index contributed by atoms with van der Waals surface area (Å²) in [6.45, 7) is 3.42. The molecule has 0 saturated carbocycles. The Balaban J connectivity index is 2.19. The van der Waals surface area contributed by atoms with Gasteiger partial charge in [0.25, 0.3) is 0 Å². The number of amides is 1. The van der Waals surface area contributed by atoms with Crippen LogP contribution in [0.1, 0.15) is 56.2 Å². The van der Waals surface area contributed by atoms with Crippen LogP contribution in [-0.4, -0.2) is 24.5 Å². The highest BCUT2D eigenvalue weighted by molar-refractivity contribution is 5.76. The lowest BCUT2D eigenvalue weighted by molar-refractivity contribution is -0.132. The standard InChI is InChI=1S/C17H26N2O2/c1-13(18)14-8-9-16(21-2)15(11-14)12-19-10-6-4-3-5-7-17(19)20/h8-9,11,13H,3-7,10,12,18H2,1-2H3. The van der Waals surface area contributed by atoms with Crippen molar-refractivity contribution in [3.63, 3.8) is 0 Å². The zero-order chi connectivity index (χ0) is 15.2. The predicted molar refractivity (Wildman–Crippen MR) is 84.1 cm³/mol. The number of hydrogen-bond acceptors (Lipinski definition) is 3. The van der Waals surface area contributed by atoms with E-state index in [1.54, 1.807) is 7.11 Å². The molecule has 0 aromatic heterocycles. The normalized spacial score (nSPS) is 18.0. The largest absolute Gasteiger partial charge is 0.496 e. The third-order valence-electron chi connectivity index (χ3n) is 4.11. The van der Waals surface area contributed by atoms with Crippen LogP contribution in [0.3, 0.4) is 0 Å². The van der Waals surface area contributed by atoms with Gasteiger partial charge in [0, 0.05) is 31.1 Å². The highest BCUT2D eigenvalue weighted by Gasteiger charge is 2.18. The van der Waals surface area contributed by atoms with E-state index in [1.165, 1.54) is 12.8 Å². The van der Waals surface area contributed by atoms with Crippen molar-refractivity contribution in [2.75, 3.05) is 13.7 Å². The Morgan fingerprint density at radius 3 is 2.76 bits per heavy atom. The molecule has 116 valence electrons. The van der Waals surface area contributed by atoms with Gasteiger partial charge in [0.2, 0.25) is 5.91 Å². The molecule has 0 aliphatic carbocycles. The van der Waals surface area contributed by atoms with Gasteiger partial charge in [-0.1, -0.05) is 18.9 Å². The first-order valence-electron chi connectivity index (χ1n) is 7.82. The molecule has 2 N–H and O–H groups in total. The van der Waals surface area contributed by atoms with Gasteiger partial charge in [0.15, 0.2) is 0 Å². The minimum Gasteiger partial charge on any atom is -0.496 e. The van der Waals surface area contributed by atoms with Gasteiger partial charge >= 0.3 is 0 Å². The molecule has 0 bridgehead atoms. The molecule has 1 fully saturated rings. The molecule has 21 heavy (non-hydrogen) atoms. The summed E-state index contributed by atoms with van der Waals surface area (Å²) in [4.78, 5) is 14.2. The maximum absolute atomic E-state index is 12.3. The van der Waals surface area contributed by atoms with Crippen LogP contribution in [0, 0.1) is 0 Å². The van der Waals surface area contributed by atoms with Gasteiger partial charge in [0.1, 0.15) is 5.75 Å². The number of carbonyl (C=O) groups excluding carboxylic acids is 1. The average Bonchev–Trinajstić information content (AvgIpc) is 2.46. The van der Waals surface area contributed by atoms with Crippen molar-refractivity contribution >= 4 is 5.91 Å². The van der Waals surface area contributed by atoms with Crippen LogP contribution < -0.4 is 10.5 Å².